The zero-order valence-electron chi connectivity index (χ0n) is 12.8. The van der Waals surface area contributed by atoms with Crippen LogP contribution < -0.4 is 0 Å². The Kier molecular flexibility index (Phi) is 9.44. The Balaban J connectivity index is 1.96. The summed E-state index contributed by atoms with van der Waals surface area (Å²) in [5.41, 5.74) is 0. The lowest BCUT2D eigenvalue weighted by Gasteiger charge is -2.14. The van der Waals surface area contributed by atoms with Gasteiger partial charge in [-0.05, 0) is 6.42 Å². The van der Waals surface area contributed by atoms with Crippen molar-refractivity contribution < 1.29 is 20.1 Å². The molecule has 1 rings (SSSR count). The van der Waals surface area contributed by atoms with Crippen molar-refractivity contribution in [2.75, 3.05) is 6.61 Å². The van der Waals surface area contributed by atoms with Crippen LogP contribution in [0.1, 0.15) is 71.1 Å². The van der Waals surface area contributed by atoms with Crippen LogP contribution in [0.2, 0.25) is 0 Å². The van der Waals surface area contributed by atoms with E-state index in [1.54, 1.807) is 0 Å². The van der Waals surface area contributed by atoms with Gasteiger partial charge in [0, 0.05) is 0 Å². The van der Waals surface area contributed by atoms with Crippen LogP contribution in [0, 0.1) is 0 Å². The number of hydrogen-bond donors (Lipinski definition) is 3. The van der Waals surface area contributed by atoms with E-state index in [9.17, 15) is 10.2 Å². The minimum absolute atomic E-state index is 0.230. The van der Waals surface area contributed by atoms with Gasteiger partial charge in [0.1, 0.15) is 18.3 Å². The number of hydrogen-bond acceptors (Lipinski definition) is 4. The van der Waals surface area contributed by atoms with Crippen molar-refractivity contribution in [2.24, 2.45) is 0 Å². The third-order valence-electron chi connectivity index (χ3n) is 4.23. The van der Waals surface area contributed by atoms with E-state index in [2.05, 4.69) is 6.92 Å². The van der Waals surface area contributed by atoms with Gasteiger partial charge in [0.05, 0.1) is 12.7 Å². The van der Waals surface area contributed by atoms with Crippen molar-refractivity contribution in [2.45, 2.75) is 95.5 Å². The second-order valence-electron chi connectivity index (χ2n) is 5.99. The summed E-state index contributed by atoms with van der Waals surface area (Å²) in [5, 5.41) is 28.4. The standard InChI is InChI=1S/C16H32O4/c1-2-3-4-5-6-7-8-9-10-11-13-15(18)16(19)14(12-17)20-13/h13-19H,2-12H2,1H3/t13-,14+,15+,16+/m0/s1. The molecule has 0 radical (unpaired) electrons. The van der Waals surface area contributed by atoms with Crippen LogP contribution in [0.3, 0.4) is 0 Å². The molecule has 120 valence electrons. The third kappa shape index (κ3) is 6.08. The molecule has 1 heterocycles. The van der Waals surface area contributed by atoms with E-state index in [4.69, 9.17) is 9.84 Å². The van der Waals surface area contributed by atoms with Gasteiger partial charge in [0.2, 0.25) is 0 Å². The molecule has 4 nitrogen and oxygen atoms in total. The highest BCUT2D eigenvalue weighted by Crippen LogP contribution is 2.25. The van der Waals surface area contributed by atoms with E-state index < -0.39 is 18.3 Å². The van der Waals surface area contributed by atoms with Crippen LogP contribution in [0.4, 0.5) is 0 Å². The first-order valence-electron chi connectivity index (χ1n) is 8.33. The summed E-state index contributed by atoms with van der Waals surface area (Å²) < 4.78 is 5.46. The van der Waals surface area contributed by atoms with Crippen molar-refractivity contribution >= 4 is 0 Å². The lowest BCUT2D eigenvalue weighted by molar-refractivity contribution is -0.0246. The Morgan fingerprint density at radius 3 is 1.75 bits per heavy atom. The maximum atomic E-state index is 9.80. The van der Waals surface area contributed by atoms with Crippen LogP contribution in [0.25, 0.3) is 0 Å². The molecule has 4 heteroatoms. The quantitative estimate of drug-likeness (QED) is 0.511. The summed E-state index contributed by atoms with van der Waals surface area (Å²) >= 11 is 0. The van der Waals surface area contributed by atoms with Crippen molar-refractivity contribution in [3.05, 3.63) is 0 Å². The second-order valence-corrected chi connectivity index (χ2v) is 5.99. The molecule has 0 aromatic heterocycles. The zero-order valence-corrected chi connectivity index (χ0v) is 12.8. The summed E-state index contributed by atoms with van der Waals surface area (Å²) in [5.74, 6) is 0. The molecule has 20 heavy (non-hydrogen) atoms. The average molecular weight is 288 g/mol. The smallest absolute Gasteiger partial charge is 0.111 e. The molecule has 0 aliphatic carbocycles. The fourth-order valence-corrected chi connectivity index (χ4v) is 2.87. The molecule has 4 atom stereocenters. The van der Waals surface area contributed by atoms with E-state index in [-0.39, 0.29) is 12.7 Å². The maximum Gasteiger partial charge on any atom is 0.111 e. The molecule has 0 aromatic carbocycles. The molecule has 0 saturated carbocycles. The average Bonchev–Trinajstić information content (AvgIpc) is 2.73. The molecular weight excluding hydrogens is 256 g/mol. The summed E-state index contributed by atoms with van der Waals surface area (Å²) in [4.78, 5) is 0. The minimum atomic E-state index is -0.941. The van der Waals surface area contributed by atoms with Gasteiger partial charge in [0.15, 0.2) is 0 Å². The van der Waals surface area contributed by atoms with E-state index >= 15 is 0 Å². The topological polar surface area (TPSA) is 69.9 Å². The van der Waals surface area contributed by atoms with Gasteiger partial charge in [-0.2, -0.15) is 0 Å². The van der Waals surface area contributed by atoms with Crippen LogP contribution in [-0.4, -0.2) is 46.3 Å². The highest BCUT2D eigenvalue weighted by Gasteiger charge is 2.41. The van der Waals surface area contributed by atoms with Crippen molar-refractivity contribution in [1.82, 2.24) is 0 Å². The monoisotopic (exact) mass is 288 g/mol. The van der Waals surface area contributed by atoms with Gasteiger partial charge < -0.3 is 20.1 Å². The predicted molar refractivity (Wildman–Crippen MR) is 79.6 cm³/mol. The van der Waals surface area contributed by atoms with Gasteiger partial charge in [-0.15, -0.1) is 0 Å². The van der Waals surface area contributed by atoms with Gasteiger partial charge in [0.25, 0.3) is 0 Å². The molecular formula is C16H32O4. The first-order valence-corrected chi connectivity index (χ1v) is 8.33. The SMILES string of the molecule is CCCCCCCCCCC[C@@H]1O[C@H](CO)[C@@H](O)[C@@H]1O. The molecule has 1 fully saturated rings. The highest BCUT2D eigenvalue weighted by molar-refractivity contribution is 4.89. The van der Waals surface area contributed by atoms with Crippen LogP contribution in [0.5, 0.6) is 0 Å². The zero-order chi connectivity index (χ0) is 14.8. The lowest BCUT2D eigenvalue weighted by Crippen LogP contribution is -2.33. The van der Waals surface area contributed by atoms with E-state index in [0.717, 1.165) is 19.3 Å². The largest absolute Gasteiger partial charge is 0.394 e. The van der Waals surface area contributed by atoms with E-state index in [1.807, 2.05) is 0 Å². The summed E-state index contributed by atoms with van der Waals surface area (Å²) in [6.07, 6.45) is 9.43. The second kappa shape index (κ2) is 10.6. The number of rotatable bonds is 11. The fourth-order valence-electron chi connectivity index (χ4n) is 2.87. The number of ether oxygens (including phenoxy) is 1. The number of aliphatic hydroxyl groups is 3. The van der Waals surface area contributed by atoms with Crippen molar-refractivity contribution in [1.29, 1.82) is 0 Å². The Bertz CT molecular complexity index is 235. The van der Waals surface area contributed by atoms with Crippen LogP contribution >= 0.6 is 0 Å². The lowest BCUT2D eigenvalue weighted by atomic mass is 10.0. The Labute approximate surface area is 123 Å². The molecule has 1 aliphatic heterocycles. The predicted octanol–water partition coefficient (Wildman–Crippen LogP) is 2.39. The van der Waals surface area contributed by atoms with Gasteiger partial charge >= 0.3 is 0 Å². The molecule has 3 N–H and O–H groups in total. The maximum absolute atomic E-state index is 9.80. The number of aliphatic hydroxyl groups excluding tert-OH is 3. The molecule has 0 amide bonds. The van der Waals surface area contributed by atoms with Crippen molar-refractivity contribution in [3.63, 3.8) is 0 Å². The van der Waals surface area contributed by atoms with Gasteiger partial charge in [-0.25, -0.2) is 0 Å². The molecule has 1 saturated heterocycles. The molecule has 0 bridgehead atoms. The molecule has 1 aliphatic rings. The Morgan fingerprint density at radius 2 is 1.25 bits per heavy atom. The number of unbranched alkanes of at least 4 members (excludes halogenated alkanes) is 8. The summed E-state index contributed by atoms with van der Waals surface area (Å²) in [6.45, 7) is 2.00. The van der Waals surface area contributed by atoms with Gasteiger partial charge in [-0.3, -0.25) is 0 Å². The van der Waals surface area contributed by atoms with Crippen LogP contribution in [0.15, 0.2) is 0 Å². The Hall–Kier alpha value is -0.160. The fraction of sp³-hybridized carbons (Fsp3) is 1.00. The minimum Gasteiger partial charge on any atom is -0.394 e. The third-order valence-corrected chi connectivity index (χ3v) is 4.23. The molecule has 0 aromatic rings. The summed E-state index contributed by atoms with van der Waals surface area (Å²) in [6, 6.07) is 0. The molecule has 0 unspecified atom stereocenters. The van der Waals surface area contributed by atoms with Gasteiger partial charge in [-0.1, -0.05) is 64.7 Å². The van der Waals surface area contributed by atoms with Crippen LogP contribution in [-0.2, 0) is 4.74 Å². The normalized spacial score (nSPS) is 30.0. The summed E-state index contributed by atoms with van der Waals surface area (Å²) in [7, 11) is 0. The Morgan fingerprint density at radius 1 is 0.750 bits per heavy atom. The first-order chi connectivity index (χ1) is 9.70. The first kappa shape index (κ1) is 17.9. The highest BCUT2D eigenvalue weighted by atomic mass is 16.6. The van der Waals surface area contributed by atoms with E-state index in [0.29, 0.717) is 0 Å². The van der Waals surface area contributed by atoms with Crippen molar-refractivity contribution in [3.8, 4) is 0 Å². The molecule has 0 spiro atoms. The van der Waals surface area contributed by atoms with E-state index in [1.165, 1.54) is 44.9 Å².